The molecule has 0 aliphatic carbocycles. The molecule has 1 fully saturated rings. The number of hydrogen-bond acceptors (Lipinski definition) is 5. The summed E-state index contributed by atoms with van der Waals surface area (Å²) < 4.78 is 89.0. The van der Waals surface area contributed by atoms with Crippen molar-refractivity contribution in [1.82, 2.24) is 14.9 Å². The summed E-state index contributed by atoms with van der Waals surface area (Å²) in [6.07, 6.45) is -5.19. The van der Waals surface area contributed by atoms with Gasteiger partial charge >= 0.3 is 18.4 Å². The molecular formula is C28H29F6N5O2. The van der Waals surface area contributed by atoms with Gasteiger partial charge in [0, 0.05) is 43.3 Å². The Morgan fingerprint density at radius 2 is 1.63 bits per heavy atom. The van der Waals surface area contributed by atoms with E-state index in [1.165, 1.54) is 11.0 Å². The topological polar surface area (TPSA) is 79.4 Å². The fourth-order valence-corrected chi connectivity index (χ4v) is 4.84. The van der Waals surface area contributed by atoms with Crippen LogP contribution in [-0.4, -0.2) is 52.4 Å². The first-order chi connectivity index (χ1) is 19.5. The first-order valence-electron chi connectivity index (χ1n) is 13.0. The van der Waals surface area contributed by atoms with E-state index in [0.29, 0.717) is 43.9 Å². The highest BCUT2D eigenvalue weighted by Crippen LogP contribution is 2.53. The molecule has 7 nitrogen and oxygen atoms in total. The lowest BCUT2D eigenvalue weighted by atomic mass is 9.91. The fraction of sp³-hybridized carbons (Fsp3) is 0.393. The van der Waals surface area contributed by atoms with E-state index in [9.17, 15) is 31.1 Å². The van der Waals surface area contributed by atoms with Crippen molar-refractivity contribution in [2.24, 2.45) is 0 Å². The van der Waals surface area contributed by atoms with Crippen LogP contribution in [0.2, 0.25) is 0 Å². The van der Waals surface area contributed by atoms with Crippen LogP contribution in [0.4, 0.5) is 42.6 Å². The van der Waals surface area contributed by atoms with Gasteiger partial charge in [0.15, 0.2) is 0 Å². The Hall–Kier alpha value is -3.87. The Bertz CT molecular complexity index is 1260. The molecule has 1 atom stereocenters. The number of hydrogen-bond donors (Lipinski definition) is 2. The average molecular weight is 582 g/mol. The molecule has 2 aromatic heterocycles. The molecule has 1 unspecified atom stereocenters. The van der Waals surface area contributed by atoms with E-state index in [0.717, 1.165) is 29.8 Å². The van der Waals surface area contributed by atoms with Crippen molar-refractivity contribution in [1.29, 1.82) is 0 Å². The van der Waals surface area contributed by atoms with Crippen LogP contribution in [0.3, 0.4) is 0 Å². The smallest absolute Gasteiger partial charge is 0.364 e. The van der Waals surface area contributed by atoms with E-state index < -0.39 is 42.2 Å². The van der Waals surface area contributed by atoms with Crippen LogP contribution in [0, 0.1) is 0 Å². The molecule has 220 valence electrons. The van der Waals surface area contributed by atoms with Crippen molar-refractivity contribution in [2.75, 3.05) is 23.8 Å². The number of carbonyl (C=O) groups excluding carboxylic acids is 1. The minimum Gasteiger partial charge on any atom is -0.364 e. The minimum atomic E-state index is -5.77. The Kier molecular flexibility index (Phi) is 9.36. The standard InChI is InChI=1S/C28H29F6N5O2/c29-27(30,31)26(28(32,33)34,21-7-2-1-3-8-21)41-18-13-22-9-4-5-17-39(22)25(40)38-23-10-6-14-36-24(23)37-19-20-11-15-35-16-12-20/h1-3,6-8,10-12,14-16,22H,4-5,9,13,17-19H2,(H,36,37)(H,38,40). The quantitative estimate of drug-likeness (QED) is 0.269. The summed E-state index contributed by atoms with van der Waals surface area (Å²) in [4.78, 5) is 22.9. The number of amides is 2. The second kappa shape index (κ2) is 12.8. The molecule has 0 bridgehead atoms. The number of pyridine rings is 2. The highest BCUT2D eigenvalue weighted by Gasteiger charge is 2.73. The number of halogens is 6. The van der Waals surface area contributed by atoms with Crippen LogP contribution in [0.15, 0.2) is 73.2 Å². The number of likely N-dealkylation sites (tertiary alicyclic amines) is 1. The number of carbonyl (C=O) groups is 1. The van der Waals surface area contributed by atoms with Crippen molar-refractivity contribution >= 4 is 17.5 Å². The van der Waals surface area contributed by atoms with E-state index in [1.54, 1.807) is 30.7 Å². The maximum absolute atomic E-state index is 14.0. The number of piperidine rings is 1. The van der Waals surface area contributed by atoms with Crippen LogP contribution in [0.1, 0.15) is 36.8 Å². The molecule has 0 spiro atoms. The summed E-state index contributed by atoms with van der Waals surface area (Å²) >= 11 is 0. The van der Waals surface area contributed by atoms with E-state index in [4.69, 9.17) is 4.74 Å². The van der Waals surface area contributed by atoms with Gasteiger partial charge in [-0.05, 0) is 55.5 Å². The highest BCUT2D eigenvalue weighted by atomic mass is 19.4. The van der Waals surface area contributed by atoms with E-state index >= 15 is 0 Å². The van der Waals surface area contributed by atoms with Crippen LogP contribution in [0.25, 0.3) is 0 Å². The summed E-state index contributed by atoms with van der Waals surface area (Å²) in [6, 6.07) is 10.8. The summed E-state index contributed by atoms with van der Waals surface area (Å²) in [5.41, 5.74) is -4.23. The molecule has 3 heterocycles. The Morgan fingerprint density at radius 1 is 0.927 bits per heavy atom. The summed E-state index contributed by atoms with van der Waals surface area (Å²) in [7, 11) is 0. The number of nitrogens with zero attached hydrogens (tertiary/aromatic N) is 3. The predicted molar refractivity (Wildman–Crippen MR) is 140 cm³/mol. The molecule has 3 aromatic rings. The number of ether oxygens (including phenoxy) is 1. The van der Waals surface area contributed by atoms with Gasteiger partial charge in [0.1, 0.15) is 5.82 Å². The summed E-state index contributed by atoms with van der Waals surface area (Å²) in [5, 5.41) is 5.91. The van der Waals surface area contributed by atoms with Gasteiger partial charge in [-0.15, -0.1) is 0 Å². The SMILES string of the molecule is O=C(Nc1cccnc1NCc1ccncc1)N1CCCCC1CCOC(c1ccccc1)(C(F)(F)F)C(F)(F)F. The van der Waals surface area contributed by atoms with E-state index in [1.807, 2.05) is 12.1 Å². The summed E-state index contributed by atoms with van der Waals surface area (Å²) in [6.45, 7) is -0.166. The van der Waals surface area contributed by atoms with Crippen molar-refractivity contribution < 1.29 is 35.9 Å². The maximum atomic E-state index is 14.0. The Balaban J connectivity index is 1.46. The maximum Gasteiger partial charge on any atom is 0.430 e. The van der Waals surface area contributed by atoms with E-state index in [-0.39, 0.29) is 6.42 Å². The molecule has 1 aliphatic rings. The largest absolute Gasteiger partial charge is 0.430 e. The molecule has 13 heteroatoms. The lowest BCUT2D eigenvalue weighted by molar-refractivity contribution is -0.390. The van der Waals surface area contributed by atoms with Gasteiger partial charge in [-0.25, -0.2) is 9.78 Å². The molecule has 41 heavy (non-hydrogen) atoms. The van der Waals surface area contributed by atoms with Crippen LogP contribution in [0.5, 0.6) is 0 Å². The van der Waals surface area contributed by atoms with Gasteiger partial charge in [-0.2, -0.15) is 26.3 Å². The molecule has 0 radical (unpaired) electrons. The molecule has 2 N–H and O–H groups in total. The first-order valence-corrected chi connectivity index (χ1v) is 13.0. The van der Waals surface area contributed by atoms with Crippen LogP contribution in [-0.2, 0) is 16.9 Å². The number of rotatable bonds is 9. The van der Waals surface area contributed by atoms with Crippen molar-refractivity contribution in [3.63, 3.8) is 0 Å². The summed E-state index contributed by atoms with van der Waals surface area (Å²) in [5.74, 6) is 0.401. The average Bonchev–Trinajstić information content (AvgIpc) is 2.94. The fourth-order valence-electron chi connectivity index (χ4n) is 4.84. The van der Waals surface area contributed by atoms with Gasteiger partial charge in [-0.1, -0.05) is 30.3 Å². The minimum absolute atomic E-state index is 0.214. The number of anilines is 2. The van der Waals surface area contributed by atoms with Crippen molar-refractivity contribution in [2.45, 2.75) is 56.2 Å². The number of aromatic nitrogens is 2. The van der Waals surface area contributed by atoms with Gasteiger partial charge < -0.3 is 20.3 Å². The third-order valence-corrected chi connectivity index (χ3v) is 6.89. The molecule has 1 aromatic carbocycles. The number of alkyl halides is 6. The second-order valence-electron chi connectivity index (χ2n) is 9.56. The molecule has 1 aliphatic heterocycles. The van der Waals surface area contributed by atoms with Crippen LogP contribution >= 0.6 is 0 Å². The lowest BCUT2D eigenvalue weighted by Crippen LogP contribution is -2.56. The normalized spacial score (nSPS) is 16.3. The number of urea groups is 1. The monoisotopic (exact) mass is 581 g/mol. The molecule has 0 saturated carbocycles. The first kappa shape index (κ1) is 30.1. The zero-order valence-electron chi connectivity index (χ0n) is 21.9. The Labute approximate surface area is 232 Å². The molecule has 4 rings (SSSR count). The third-order valence-electron chi connectivity index (χ3n) is 6.89. The second-order valence-corrected chi connectivity index (χ2v) is 9.56. The molecule has 2 amide bonds. The third kappa shape index (κ3) is 6.89. The lowest BCUT2D eigenvalue weighted by Gasteiger charge is -2.39. The number of nitrogens with one attached hydrogen (secondary N) is 2. The number of benzene rings is 1. The highest BCUT2D eigenvalue weighted by molar-refractivity contribution is 5.92. The van der Waals surface area contributed by atoms with Gasteiger partial charge in [-0.3, -0.25) is 4.98 Å². The van der Waals surface area contributed by atoms with E-state index in [2.05, 4.69) is 20.6 Å². The molecule has 1 saturated heterocycles. The zero-order valence-corrected chi connectivity index (χ0v) is 21.9. The Morgan fingerprint density at radius 3 is 2.32 bits per heavy atom. The van der Waals surface area contributed by atoms with Gasteiger partial charge in [0.2, 0.25) is 0 Å². The van der Waals surface area contributed by atoms with Gasteiger partial charge in [0.05, 0.1) is 12.3 Å². The van der Waals surface area contributed by atoms with Crippen molar-refractivity contribution in [3.8, 4) is 0 Å². The van der Waals surface area contributed by atoms with Crippen molar-refractivity contribution in [3.05, 3.63) is 84.3 Å². The zero-order chi connectivity index (χ0) is 29.5. The van der Waals surface area contributed by atoms with Gasteiger partial charge in [0.25, 0.3) is 5.60 Å². The molecular weight excluding hydrogens is 552 g/mol. The predicted octanol–water partition coefficient (Wildman–Crippen LogP) is 6.90. The van der Waals surface area contributed by atoms with Crippen LogP contribution < -0.4 is 10.6 Å².